The number of nitrogens with two attached hydrogens (primary N) is 2. The van der Waals surface area contributed by atoms with Gasteiger partial charge in [-0.3, -0.25) is 4.79 Å². The van der Waals surface area contributed by atoms with E-state index in [4.69, 9.17) is 23.1 Å². The fourth-order valence-electron chi connectivity index (χ4n) is 3.84. The van der Waals surface area contributed by atoms with Gasteiger partial charge in [-0.1, -0.05) is 23.7 Å². The van der Waals surface area contributed by atoms with E-state index in [0.29, 0.717) is 23.0 Å². The summed E-state index contributed by atoms with van der Waals surface area (Å²) in [5.74, 6) is -0.455. The fraction of sp³-hybridized carbons (Fsp3) is 0.0909. The molecule has 0 bridgehead atoms. The molecule has 5 N–H and O–H groups in total. The average molecular weight is 465 g/mol. The SMILES string of the molecule is Nc1nc(N)nc(-c2ccc3c(CC(=O)O)cn(Cc4csc5ccc(Cl)cc45)c3c2)n1. The van der Waals surface area contributed by atoms with Crippen molar-refractivity contribution in [1.29, 1.82) is 0 Å². The van der Waals surface area contributed by atoms with Crippen LogP contribution < -0.4 is 11.5 Å². The lowest BCUT2D eigenvalue weighted by Crippen LogP contribution is -2.04. The summed E-state index contributed by atoms with van der Waals surface area (Å²) in [6, 6.07) is 11.4. The molecule has 5 rings (SSSR count). The highest BCUT2D eigenvalue weighted by Crippen LogP contribution is 2.32. The summed E-state index contributed by atoms with van der Waals surface area (Å²) in [6.45, 7) is 0.557. The maximum Gasteiger partial charge on any atom is 0.307 e. The molecule has 10 heteroatoms. The zero-order valence-electron chi connectivity index (χ0n) is 16.6. The fourth-order valence-corrected chi connectivity index (χ4v) is 4.95. The second kappa shape index (κ2) is 7.77. The van der Waals surface area contributed by atoms with E-state index >= 15 is 0 Å². The summed E-state index contributed by atoms with van der Waals surface area (Å²) >= 11 is 7.86. The molecule has 0 radical (unpaired) electrons. The number of carboxylic acids is 1. The molecule has 0 fully saturated rings. The molecule has 0 aliphatic heterocycles. The summed E-state index contributed by atoms with van der Waals surface area (Å²) < 4.78 is 3.18. The van der Waals surface area contributed by atoms with Crippen LogP contribution in [0.4, 0.5) is 11.9 Å². The molecule has 0 amide bonds. The second-order valence-corrected chi connectivity index (χ2v) is 8.71. The molecule has 0 aliphatic rings. The number of nitrogens with zero attached hydrogens (tertiary/aromatic N) is 4. The van der Waals surface area contributed by atoms with Crippen molar-refractivity contribution in [1.82, 2.24) is 19.5 Å². The summed E-state index contributed by atoms with van der Waals surface area (Å²) in [5.41, 5.74) is 14.9. The van der Waals surface area contributed by atoms with Crippen molar-refractivity contribution >= 4 is 61.8 Å². The molecule has 3 aromatic heterocycles. The second-order valence-electron chi connectivity index (χ2n) is 7.36. The third kappa shape index (κ3) is 3.72. The van der Waals surface area contributed by atoms with Crippen LogP contribution in [0.5, 0.6) is 0 Å². The lowest BCUT2D eigenvalue weighted by Gasteiger charge is -2.07. The van der Waals surface area contributed by atoms with E-state index in [0.717, 1.165) is 32.1 Å². The Morgan fingerprint density at radius 2 is 1.81 bits per heavy atom. The number of aliphatic carboxylic acids is 1. The first-order valence-corrected chi connectivity index (χ1v) is 10.9. The van der Waals surface area contributed by atoms with Crippen molar-refractivity contribution in [3.63, 3.8) is 0 Å². The van der Waals surface area contributed by atoms with Gasteiger partial charge in [0.15, 0.2) is 5.82 Å². The van der Waals surface area contributed by atoms with E-state index in [-0.39, 0.29) is 18.3 Å². The minimum atomic E-state index is -0.890. The number of nitrogen functional groups attached to an aromatic ring is 2. The third-order valence-corrected chi connectivity index (χ3v) is 6.44. The molecule has 32 heavy (non-hydrogen) atoms. The molecular formula is C22H17ClN6O2S. The van der Waals surface area contributed by atoms with Crippen LogP contribution in [-0.4, -0.2) is 30.6 Å². The number of hydrogen-bond acceptors (Lipinski definition) is 7. The third-order valence-electron chi connectivity index (χ3n) is 5.19. The van der Waals surface area contributed by atoms with Crippen LogP contribution in [0.15, 0.2) is 48.0 Å². The predicted octanol–water partition coefficient (Wildman–Crippen LogP) is 4.20. The van der Waals surface area contributed by atoms with Gasteiger partial charge in [-0.05, 0) is 46.2 Å². The number of benzene rings is 2. The van der Waals surface area contributed by atoms with Gasteiger partial charge in [0.1, 0.15) is 0 Å². The zero-order chi connectivity index (χ0) is 22.4. The quantitative estimate of drug-likeness (QED) is 0.355. The largest absolute Gasteiger partial charge is 0.481 e. The standard InChI is InChI=1S/C22H17ClN6O2S/c23-14-2-4-18-16(7-14)13(10-32-18)9-29-8-12(6-19(30)31)15-3-1-11(5-17(15)29)20-26-21(24)28-22(25)27-20/h1-5,7-8,10H,6,9H2,(H,30,31)(H4,24,25,26,27,28). The van der Waals surface area contributed by atoms with Crippen molar-refractivity contribution < 1.29 is 9.90 Å². The van der Waals surface area contributed by atoms with Gasteiger partial charge in [-0.15, -0.1) is 11.3 Å². The van der Waals surface area contributed by atoms with Crippen molar-refractivity contribution in [2.24, 2.45) is 0 Å². The van der Waals surface area contributed by atoms with Gasteiger partial charge >= 0.3 is 5.97 Å². The Morgan fingerprint density at radius 1 is 1.03 bits per heavy atom. The molecule has 0 saturated heterocycles. The van der Waals surface area contributed by atoms with Crippen LogP contribution in [0.1, 0.15) is 11.1 Å². The lowest BCUT2D eigenvalue weighted by atomic mass is 10.1. The van der Waals surface area contributed by atoms with Gasteiger partial charge < -0.3 is 21.1 Å². The number of aromatic nitrogens is 4. The Kier molecular flexibility index (Phi) is 4.91. The summed E-state index contributed by atoms with van der Waals surface area (Å²) in [7, 11) is 0. The Labute approximate surface area is 191 Å². The van der Waals surface area contributed by atoms with Crippen LogP contribution >= 0.6 is 22.9 Å². The lowest BCUT2D eigenvalue weighted by molar-refractivity contribution is -0.136. The normalized spacial score (nSPS) is 11.4. The first kappa shape index (κ1) is 20.2. The minimum Gasteiger partial charge on any atom is -0.481 e. The van der Waals surface area contributed by atoms with Crippen molar-refractivity contribution in [3.8, 4) is 11.4 Å². The molecule has 0 unspecified atom stereocenters. The number of anilines is 2. The number of fused-ring (bicyclic) bond motifs is 2. The van der Waals surface area contributed by atoms with E-state index < -0.39 is 5.97 Å². The molecule has 0 aliphatic carbocycles. The van der Waals surface area contributed by atoms with E-state index in [2.05, 4.69) is 20.3 Å². The van der Waals surface area contributed by atoms with E-state index in [1.807, 2.05) is 47.2 Å². The van der Waals surface area contributed by atoms with Gasteiger partial charge in [-0.2, -0.15) is 15.0 Å². The maximum atomic E-state index is 11.4. The van der Waals surface area contributed by atoms with Crippen LogP contribution in [0, 0.1) is 0 Å². The van der Waals surface area contributed by atoms with Crippen molar-refractivity contribution in [2.45, 2.75) is 13.0 Å². The minimum absolute atomic E-state index is 0.0381. The first-order valence-electron chi connectivity index (χ1n) is 9.64. The van der Waals surface area contributed by atoms with Crippen LogP contribution in [0.2, 0.25) is 5.02 Å². The molecule has 2 aromatic carbocycles. The summed E-state index contributed by atoms with van der Waals surface area (Å²) in [6.07, 6.45) is 1.80. The van der Waals surface area contributed by atoms with Gasteiger partial charge in [0.25, 0.3) is 0 Å². The van der Waals surface area contributed by atoms with Crippen molar-refractivity contribution in [2.75, 3.05) is 11.5 Å². The zero-order valence-corrected chi connectivity index (χ0v) is 18.2. The van der Waals surface area contributed by atoms with E-state index in [1.54, 1.807) is 11.3 Å². The van der Waals surface area contributed by atoms with E-state index in [9.17, 15) is 9.90 Å². The summed E-state index contributed by atoms with van der Waals surface area (Å²) in [5, 5.41) is 14.1. The molecule has 160 valence electrons. The van der Waals surface area contributed by atoms with Crippen LogP contribution in [-0.2, 0) is 17.8 Å². The molecule has 0 atom stereocenters. The number of carbonyl (C=O) groups is 1. The molecule has 0 spiro atoms. The molecule has 5 aromatic rings. The Morgan fingerprint density at radius 3 is 2.56 bits per heavy atom. The Balaban J connectivity index is 1.66. The van der Waals surface area contributed by atoms with Gasteiger partial charge in [0, 0.05) is 38.9 Å². The summed E-state index contributed by atoms with van der Waals surface area (Å²) in [4.78, 5) is 23.6. The van der Waals surface area contributed by atoms with Crippen LogP contribution in [0.25, 0.3) is 32.4 Å². The first-order chi connectivity index (χ1) is 15.4. The van der Waals surface area contributed by atoms with Gasteiger partial charge in [0.2, 0.25) is 11.9 Å². The van der Waals surface area contributed by atoms with Gasteiger partial charge in [-0.25, -0.2) is 0 Å². The topological polar surface area (TPSA) is 133 Å². The number of rotatable bonds is 5. The number of hydrogen-bond donors (Lipinski definition) is 3. The Hall–Kier alpha value is -3.69. The highest BCUT2D eigenvalue weighted by molar-refractivity contribution is 7.17. The number of carboxylic acid groups (broad SMARTS) is 1. The van der Waals surface area contributed by atoms with Crippen molar-refractivity contribution in [3.05, 3.63) is 64.1 Å². The number of thiophene rings is 1. The number of halogens is 1. The monoisotopic (exact) mass is 464 g/mol. The Bertz CT molecular complexity index is 1490. The molecular weight excluding hydrogens is 448 g/mol. The van der Waals surface area contributed by atoms with E-state index in [1.165, 1.54) is 0 Å². The van der Waals surface area contributed by atoms with Crippen LogP contribution in [0.3, 0.4) is 0 Å². The predicted molar refractivity (Wildman–Crippen MR) is 127 cm³/mol. The average Bonchev–Trinajstić information content (AvgIpc) is 3.28. The molecule has 3 heterocycles. The smallest absolute Gasteiger partial charge is 0.307 e. The highest BCUT2D eigenvalue weighted by Gasteiger charge is 2.15. The van der Waals surface area contributed by atoms with Gasteiger partial charge in [0.05, 0.1) is 6.42 Å². The highest BCUT2D eigenvalue weighted by atomic mass is 35.5. The maximum absolute atomic E-state index is 11.4. The molecule has 0 saturated carbocycles. The molecule has 8 nitrogen and oxygen atoms in total.